The number of aryl methyl sites for hydroxylation is 1. The van der Waals surface area contributed by atoms with Crippen LogP contribution in [0.2, 0.25) is 0 Å². The van der Waals surface area contributed by atoms with Crippen molar-refractivity contribution in [2.24, 2.45) is 4.99 Å². The van der Waals surface area contributed by atoms with Crippen LogP contribution in [0.5, 0.6) is 0 Å². The summed E-state index contributed by atoms with van der Waals surface area (Å²) in [5.74, 6) is 0.846. The molecule has 1 rings (SSSR count). The molecule has 0 aliphatic rings. The third-order valence-corrected chi connectivity index (χ3v) is 3.43. The molecule has 5 heteroatoms. The zero-order valence-electron chi connectivity index (χ0n) is 11.0. The topological polar surface area (TPSA) is 36.4 Å². The van der Waals surface area contributed by atoms with E-state index in [1.54, 1.807) is 0 Å². The van der Waals surface area contributed by atoms with E-state index in [0.717, 1.165) is 32.0 Å². The van der Waals surface area contributed by atoms with Crippen LogP contribution in [0.1, 0.15) is 23.6 Å². The van der Waals surface area contributed by atoms with Gasteiger partial charge in [0.2, 0.25) is 0 Å². The first-order chi connectivity index (χ1) is 8.30. The second-order valence-electron chi connectivity index (χ2n) is 3.59. The van der Waals surface area contributed by atoms with Crippen molar-refractivity contribution in [1.29, 1.82) is 0 Å². The molecule has 102 valence electrons. The van der Waals surface area contributed by atoms with Crippen molar-refractivity contribution < 1.29 is 0 Å². The standard InChI is InChI=1S/C13H21N3S.HI/c1-4-9-15-13(14-6-3)16-10-12-8-7-11(5-2)17-12;/h4,7-8H,1,5-6,9-10H2,2-3H3,(H2,14,15,16);1H. The number of guanidine groups is 1. The SMILES string of the molecule is C=CCNC(=NCc1ccc(CC)s1)NCC.I. The molecule has 0 saturated heterocycles. The van der Waals surface area contributed by atoms with Crippen LogP contribution in [-0.2, 0) is 13.0 Å². The zero-order chi connectivity index (χ0) is 12.5. The highest BCUT2D eigenvalue weighted by Gasteiger charge is 1.99. The Morgan fingerprint density at radius 2 is 2.06 bits per heavy atom. The summed E-state index contributed by atoms with van der Waals surface area (Å²) in [4.78, 5) is 7.25. The summed E-state index contributed by atoms with van der Waals surface area (Å²) in [7, 11) is 0. The first-order valence-corrected chi connectivity index (χ1v) is 6.82. The third kappa shape index (κ3) is 6.39. The van der Waals surface area contributed by atoms with Gasteiger partial charge in [-0.3, -0.25) is 0 Å². The Balaban J connectivity index is 0.00000289. The van der Waals surface area contributed by atoms with Crippen molar-refractivity contribution in [2.45, 2.75) is 26.8 Å². The summed E-state index contributed by atoms with van der Waals surface area (Å²) in [6.07, 6.45) is 2.93. The zero-order valence-corrected chi connectivity index (χ0v) is 14.2. The number of rotatable bonds is 6. The van der Waals surface area contributed by atoms with Crippen molar-refractivity contribution in [3.05, 3.63) is 34.5 Å². The number of nitrogens with zero attached hydrogens (tertiary/aromatic N) is 1. The molecule has 1 heterocycles. The van der Waals surface area contributed by atoms with Crippen LogP contribution in [0.4, 0.5) is 0 Å². The molecule has 0 radical (unpaired) electrons. The molecule has 0 unspecified atom stereocenters. The highest BCUT2D eigenvalue weighted by molar-refractivity contribution is 14.0. The maximum atomic E-state index is 4.53. The molecule has 3 nitrogen and oxygen atoms in total. The molecule has 0 saturated carbocycles. The van der Waals surface area contributed by atoms with Crippen LogP contribution in [0, 0.1) is 0 Å². The predicted octanol–water partition coefficient (Wildman–Crippen LogP) is 3.17. The van der Waals surface area contributed by atoms with Gasteiger partial charge in [-0.1, -0.05) is 13.0 Å². The first-order valence-electron chi connectivity index (χ1n) is 6.00. The molecule has 0 fully saturated rings. The smallest absolute Gasteiger partial charge is 0.191 e. The van der Waals surface area contributed by atoms with Gasteiger partial charge in [0.25, 0.3) is 0 Å². The summed E-state index contributed by atoms with van der Waals surface area (Å²) >= 11 is 1.83. The monoisotopic (exact) mass is 379 g/mol. The van der Waals surface area contributed by atoms with E-state index in [9.17, 15) is 0 Å². The van der Waals surface area contributed by atoms with Crippen LogP contribution < -0.4 is 10.6 Å². The second kappa shape index (κ2) is 10.4. The van der Waals surface area contributed by atoms with E-state index in [2.05, 4.69) is 48.2 Å². The molecule has 18 heavy (non-hydrogen) atoms. The Kier molecular flexibility index (Phi) is 10.0. The van der Waals surface area contributed by atoms with Crippen molar-refractivity contribution in [3.63, 3.8) is 0 Å². The van der Waals surface area contributed by atoms with Crippen LogP contribution in [0.3, 0.4) is 0 Å². The normalized spacial score (nSPS) is 10.7. The molecule has 1 aromatic heterocycles. The van der Waals surface area contributed by atoms with Gasteiger partial charge >= 0.3 is 0 Å². The van der Waals surface area contributed by atoms with Crippen molar-refractivity contribution in [1.82, 2.24) is 10.6 Å². The number of halogens is 1. The minimum absolute atomic E-state index is 0. The van der Waals surface area contributed by atoms with Gasteiger partial charge in [0, 0.05) is 22.8 Å². The Hall–Kier alpha value is -0.560. The molecule has 0 aliphatic heterocycles. The van der Waals surface area contributed by atoms with Crippen LogP contribution >= 0.6 is 35.3 Å². The Labute approximate surface area is 131 Å². The molecular formula is C13H22IN3S. The molecule has 0 aromatic carbocycles. The molecule has 0 amide bonds. The van der Waals surface area contributed by atoms with Crippen molar-refractivity contribution in [3.8, 4) is 0 Å². The average Bonchev–Trinajstić information content (AvgIpc) is 2.80. The van der Waals surface area contributed by atoms with E-state index < -0.39 is 0 Å². The lowest BCUT2D eigenvalue weighted by molar-refractivity contribution is 0.863. The van der Waals surface area contributed by atoms with Gasteiger partial charge in [-0.25, -0.2) is 4.99 Å². The van der Waals surface area contributed by atoms with Gasteiger partial charge in [0.15, 0.2) is 5.96 Å². The van der Waals surface area contributed by atoms with Crippen LogP contribution in [-0.4, -0.2) is 19.0 Å². The lowest BCUT2D eigenvalue weighted by atomic mass is 10.4. The lowest BCUT2D eigenvalue weighted by Gasteiger charge is -2.08. The molecule has 0 bridgehead atoms. The summed E-state index contributed by atoms with van der Waals surface area (Å²) in [6.45, 7) is 10.3. The largest absolute Gasteiger partial charge is 0.357 e. The number of thiophene rings is 1. The Morgan fingerprint density at radius 1 is 1.33 bits per heavy atom. The molecule has 0 aliphatic carbocycles. The van der Waals surface area contributed by atoms with Gasteiger partial charge in [-0.2, -0.15) is 0 Å². The van der Waals surface area contributed by atoms with Gasteiger partial charge in [-0.15, -0.1) is 41.9 Å². The maximum absolute atomic E-state index is 4.53. The second-order valence-corrected chi connectivity index (χ2v) is 4.84. The van der Waals surface area contributed by atoms with Crippen molar-refractivity contribution >= 4 is 41.3 Å². The average molecular weight is 379 g/mol. The minimum atomic E-state index is 0. The Morgan fingerprint density at radius 3 is 2.61 bits per heavy atom. The fourth-order valence-electron chi connectivity index (χ4n) is 1.36. The molecule has 2 N–H and O–H groups in total. The molecule has 1 aromatic rings. The number of hydrogen-bond donors (Lipinski definition) is 2. The fourth-order valence-corrected chi connectivity index (χ4v) is 2.25. The van der Waals surface area contributed by atoms with Crippen LogP contribution in [0.25, 0.3) is 0 Å². The van der Waals surface area contributed by atoms with Crippen molar-refractivity contribution in [2.75, 3.05) is 13.1 Å². The Bertz CT molecular complexity index is 374. The van der Waals surface area contributed by atoms with Gasteiger partial charge < -0.3 is 10.6 Å². The van der Waals surface area contributed by atoms with Crippen LogP contribution in [0.15, 0.2) is 29.8 Å². The van der Waals surface area contributed by atoms with E-state index in [4.69, 9.17) is 0 Å². The number of aliphatic imine (C=N–C) groups is 1. The molecule has 0 atom stereocenters. The molecule has 0 spiro atoms. The van der Waals surface area contributed by atoms with Gasteiger partial charge in [-0.05, 0) is 25.5 Å². The predicted molar refractivity (Wildman–Crippen MR) is 92.1 cm³/mol. The summed E-state index contributed by atoms with van der Waals surface area (Å²) in [6, 6.07) is 4.34. The van der Waals surface area contributed by atoms with E-state index in [0.29, 0.717) is 0 Å². The van der Waals surface area contributed by atoms with E-state index in [1.165, 1.54) is 9.75 Å². The summed E-state index contributed by atoms with van der Waals surface area (Å²) < 4.78 is 0. The first kappa shape index (κ1) is 17.4. The maximum Gasteiger partial charge on any atom is 0.191 e. The quantitative estimate of drug-likeness (QED) is 0.345. The van der Waals surface area contributed by atoms with E-state index >= 15 is 0 Å². The fraction of sp³-hybridized carbons (Fsp3) is 0.462. The van der Waals surface area contributed by atoms with Gasteiger partial charge in [0.05, 0.1) is 6.54 Å². The molecular weight excluding hydrogens is 357 g/mol. The van der Waals surface area contributed by atoms with E-state index in [-0.39, 0.29) is 24.0 Å². The lowest BCUT2D eigenvalue weighted by Crippen LogP contribution is -2.37. The highest BCUT2D eigenvalue weighted by Crippen LogP contribution is 2.17. The highest BCUT2D eigenvalue weighted by atomic mass is 127. The summed E-state index contributed by atoms with van der Waals surface area (Å²) in [5.41, 5.74) is 0. The van der Waals surface area contributed by atoms with Gasteiger partial charge in [0.1, 0.15) is 0 Å². The minimum Gasteiger partial charge on any atom is -0.357 e. The number of hydrogen-bond acceptors (Lipinski definition) is 2. The third-order valence-electron chi connectivity index (χ3n) is 2.22. The van der Waals surface area contributed by atoms with E-state index in [1.807, 2.05) is 17.4 Å². The summed E-state index contributed by atoms with van der Waals surface area (Å²) in [5, 5.41) is 6.39. The number of nitrogens with one attached hydrogen (secondary N) is 2.